The van der Waals surface area contributed by atoms with Crippen LogP contribution >= 0.6 is 0 Å². The van der Waals surface area contributed by atoms with Gasteiger partial charge in [-0.05, 0) is 18.1 Å². The van der Waals surface area contributed by atoms with Gasteiger partial charge in [-0.15, -0.1) is 0 Å². The standard InChI is InChI=1S/C11H16O/c1-3-10(2)9-12-11-7-5-4-6-8-11/h4-8,10H,3,9H2,1-2H3/t10-/m0/s1. The zero-order valence-corrected chi connectivity index (χ0v) is 7.79. The highest BCUT2D eigenvalue weighted by molar-refractivity contribution is 5.20. The number of para-hydroxylation sites is 1. The minimum Gasteiger partial charge on any atom is -0.493 e. The second-order valence-corrected chi connectivity index (χ2v) is 3.14. The Morgan fingerprint density at radius 1 is 1.25 bits per heavy atom. The molecule has 1 atom stereocenters. The van der Waals surface area contributed by atoms with Gasteiger partial charge in [0.15, 0.2) is 0 Å². The fraction of sp³-hybridized carbons (Fsp3) is 0.455. The molecule has 0 heterocycles. The highest BCUT2D eigenvalue weighted by Crippen LogP contribution is 2.10. The third kappa shape index (κ3) is 2.95. The first-order valence-electron chi connectivity index (χ1n) is 4.50. The fourth-order valence-corrected chi connectivity index (χ4v) is 0.873. The normalized spacial score (nSPS) is 12.5. The number of benzene rings is 1. The van der Waals surface area contributed by atoms with E-state index in [1.165, 1.54) is 6.42 Å². The third-order valence-electron chi connectivity index (χ3n) is 1.97. The first-order chi connectivity index (χ1) is 5.83. The molecule has 0 fully saturated rings. The van der Waals surface area contributed by atoms with E-state index < -0.39 is 0 Å². The van der Waals surface area contributed by atoms with Crippen molar-refractivity contribution in [3.63, 3.8) is 0 Å². The second-order valence-electron chi connectivity index (χ2n) is 3.14. The average Bonchev–Trinajstić information content (AvgIpc) is 2.16. The van der Waals surface area contributed by atoms with Crippen LogP contribution in [0.5, 0.6) is 5.75 Å². The number of ether oxygens (including phenoxy) is 1. The van der Waals surface area contributed by atoms with Gasteiger partial charge in [-0.2, -0.15) is 0 Å². The van der Waals surface area contributed by atoms with Crippen LogP contribution in [-0.4, -0.2) is 6.61 Å². The topological polar surface area (TPSA) is 9.23 Å². The van der Waals surface area contributed by atoms with Crippen LogP contribution < -0.4 is 4.74 Å². The lowest BCUT2D eigenvalue weighted by Crippen LogP contribution is -2.06. The maximum Gasteiger partial charge on any atom is 0.119 e. The van der Waals surface area contributed by atoms with E-state index in [2.05, 4.69) is 13.8 Å². The van der Waals surface area contributed by atoms with Gasteiger partial charge in [-0.1, -0.05) is 38.5 Å². The van der Waals surface area contributed by atoms with Gasteiger partial charge in [0, 0.05) is 0 Å². The Hall–Kier alpha value is -0.980. The van der Waals surface area contributed by atoms with Crippen LogP contribution in [0.25, 0.3) is 0 Å². The summed E-state index contributed by atoms with van der Waals surface area (Å²) in [6.45, 7) is 5.20. The first kappa shape index (κ1) is 9.11. The van der Waals surface area contributed by atoms with E-state index in [-0.39, 0.29) is 0 Å². The van der Waals surface area contributed by atoms with Gasteiger partial charge >= 0.3 is 0 Å². The molecular weight excluding hydrogens is 148 g/mol. The van der Waals surface area contributed by atoms with Crippen molar-refractivity contribution < 1.29 is 4.74 Å². The van der Waals surface area contributed by atoms with Gasteiger partial charge in [0.1, 0.15) is 5.75 Å². The summed E-state index contributed by atoms with van der Waals surface area (Å²) >= 11 is 0. The molecule has 0 bridgehead atoms. The molecule has 0 N–H and O–H groups in total. The van der Waals surface area contributed by atoms with Crippen molar-refractivity contribution in [2.24, 2.45) is 5.92 Å². The molecule has 0 aromatic heterocycles. The summed E-state index contributed by atoms with van der Waals surface area (Å²) in [4.78, 5) is 0. The summed E-state index contributed by atoms with van der Waals surface area (Å²) in [5, 5.41) is 0. The summed E-state index contributed by atoms with van der Waals surface area (Å²) in [6.07, 6.45) is 1.17. The molecule has 0 aliphatic heterocycles. The molecule has 0 saturated carbocycles. The minimum atomic E-state index is 0.644. The summed E-state index contributed by atoms with van der Waals surface area (Å²) in [5.41, 5.74) is 0. The maximum atomic E-state index is 5.56. The Kier molecular flexibility index (Phi) is 3.65. The van der Waals surface area contributed by atoms with Crippen molar-refractivity contribution in [1.82, 2.24) is 0 Å². The SMILES string of the molecule is CC[C@H](C)COc1ccccc1. The smallest absolute Gasteiger partial charge is 0.119 e. The van der Waals surface area contributed by atoms with Crippen LogP contribution in [0.2, 0.25) is 0 Å². The molecule has 0 amide bonds. The monoisotopic (exact) mass is 164 g/mol. The molecule has 0 unspecified atom stereocenters. The van der Waals surface area contributed by atoms with E-state index in [4.69, 9.17) is 4.74 Å². The average molecular weight is 164 g/mol. The summed E-state index contributed by atoms with van der Waals surface area (Å²) < 4.78 is 5.56. The first-order valence-corrected chi connectivity index (χ1v) is 4.50. The Labute approximate surface area is 74.4 Å². The van der Waals surface area contributed by atoms with E-state index in [0.29, 0.717) is 5.92 Å². The molecule has 0 saturated heterocycles. The number of rotatable bonds is 4. The Bertz CT molecular complexity index is 206. The van der Waals surface area contributed by atoms with Crippen molar-refractivity contribution in [2.75, 3.05) is 6.61 Å². The third-order valence-corrected chi connectivity index (χ3v) is 1.97. The van der Waals surface area contributed by atoms with Crippen molar-refractivity contribution in [3.8, 4) is 5.75 Å². The maximum absolute atomic E-state index is 5.56. The highest BCUT2D eigenvalue weighted by atomic mass is 16.5. The molecule has 1 heteroatoms. The summed E-state index contributed by atoms with van der Waals surface area (Å²) in [5.74, 6) is 1.61. The van der Waals surface area contributed by atoms with Crippen LogP contribution in [0.4, 0.5) is 0 Å². The zero-order valence-electron chi connectivity index (χ0n) is 7.79. The number of hydrogen-bond acceptors (Lipinski definition) is 1. The van der Waals surface area contributed by atoms with E-state index in [1.807, 2.05) is 30.3 Å². The van der Waals surface area contributed by atoms with Crippen molar-refractivity contribution in [1.29, 1.82) is 0 Å². The minimum absolute atomic E-state index is 0.644. The van der Waals surface area contributed by atoms with Crippen LogP contribution in [0.15, 0.2) is 30.3 Å². The predicted octanol–water partition coefficient (Wildman–Crippen LogP) is 3.11. The molecule has 0 spiro atoms. The van der Waals surface area contributed by atoms with Crippen molar-refractivity contribution >= 4 is 0 Å². The van der Waals surface area contributed by atoms with Crippen LogP contribution in [0.3, 0.4) is 0 Å². The van der Waals surface area contributed by atoms with E-state index >= 15 is 0 Å². The summed E-state index contributed by atoms with van der Waals surface area (Å²) in [6, 6.07) is 9.96. The van der Waals surface area contributed by atoms with Gasteiger partial charge in [0.05, 0.1) is 6.61 Å². The van der Waals surface area contributed by atoms with Crippen molar-refractivity contribution in [3.05, 3.63) is 30.3 Å². The Morgan fingerprint density at radius 3 is 2.50 bits per heavy atom. The molecule has 0 radical (unpaired) electrons. The molecule has 1 aromatic carbocycles. The molecule has 1 rings (SSSR count). The van der Waals surface area contributed by atoms with Gasteiger partial charge in [-0.3, -0.25) is 0 Å². The quantitative estimate of drug-likeness (QED) is 0.664. The van der Waals surface area contributed by atoms with E-state index in [9.17, 15) is 0 Å². The molecular formula is C11H16O. The van der Waals surface area contributed by atoms with Crippen LogP contribution in [0.1, 0.15) is 20.3 Å². The molecule has 0 aliphatic carbocycles. The highest BCUT2D eigenvalue weighted by Gasteiger charge is 1.98. The molecule has 12 heavy (non-hydrogen) atoms. The Balaban J connectivity index is 2.33. The predicted molar refractivity (Wildman–Crippen MR) is 51.4 cm³/mol. The van der Waals surface area contributed by atoms with Crippen LogP contribution in [0, 0.1) is 5.92 Å². The lowest BCUT2D eigenvalue weighted by molar-refractivity contribution is 0.256. The number of hydrogen-bond donors (Lipinski definition) is 0. The summed E-state index contributed by atoms with van der Waals surface area (Å²) in [7, 11) is 0. The molecule has 1 aromatic rings. The van der Waals surface area contributed by atoms with Crippen LogP contribution in [-0.2, 0) is 0 Å². The Morgan fingerprint density at radius 2 is 1.92 bits per heavy atom. The lowest BCUT2D eigenvalue weighted by Gasteiger charge is -2.10. The lowest BCUT2D eigenvalue weighted by atomic mass is 10.1. The molecule has 1 nitrogen and oxygen atoms in total. The van der Waals surface area contributed by atoms with Gasteiger partial charge in [-0.25, -0.2) is 0 Å². The zero-order chi connectivity index (χ0) is 8.81. The van der Waals surface area contributed by atoms with E-state index in [0.717, 1.165) is 12.4 Å². The van der Waals surface area contributed by atoms with Gasteiger partial charge in [0.2, 0.25) is 0 Å². The van der Waals surface area contributed by atoms with Crippen molar-refractivity contribution in [2.45, 2.75) is 20.3 Å². The fourth-order valence-electron chi connectivity index (χ4n) is 0.873. The largest absolute Gasteiger partial charge is 0.493 e. The molecule has 0 aliphatic rings. The van der Waals surface area contributed by atoms with E-state index in [1.54, 1.807) is 0 Å². The molecule has 66 valence electrons. The van der Waals surface area contributed by atoms with Gasteiger partial charge in [0.25, 0.3) is 0 Å². The van der Waals surface area contributed by atoms with Gasteiger partial charge < -0.3 is 4.74 Å². The second kappa shape index (κ2) is 4.81.